The Morgan fingerprint density at radius 2 is 2.05 bits per heavy atom. The van der Waals surface area contributed by atoms with Gasteiger partial charge in [0.25, 0.3) is 0 Å². The zero-order chi connectivity index (χ0) is 13.9. The van der Waals surface area contributed by atoms with Crippen LogP contribution in [-0.2, 0) is 0 Å². The molecule has 0 spiro atoms. The summed E-state index contributed by atoms with van der Waals surface area (Å²) in [6.45, 7) is 3.41. The number of ether oxygens (including phenoxy) is 2. The van der Waals surface area contributed by atoms with Gasteiger partial charge in [0.1, 0.15) is 18.2 Å². The maximum atomic E-state index is 9.11. The summed E-state index contributed by atoms with van der Waals surface area (Å²) in [5.74, 6) is 2.69. The second kappa shape index (κ2) is 5.89. The van der Waals surface area contributed by atoms with E-state index in [0.29, 0.717) is 13.2 Å². The van der Waals surface area contributed by atoms with Gasteiger partial charge in [-0.2, -0.15) is 0 Å². The molecule has 1 atom stereocenters. The normalized spacial score (nSPS) is 15.3. The fourth-order valence-corrected chi connectivity index (χ4v) is 3.09. The number of aromatic nitrogens is 1. The quantitative estimate of drug-likeness (QED) is 0.878. The number of aliphatic hydroxyl groups is 1. The van der Waals surface area contributed by atoms with Gasteiger partial charge in [-0.3, -0.25) is 0 Å². The fraction of sp³-hybridized carbons (Fsp3) is 0.400. The highest BCUT2D eigenvalue weighted by Gasteiger charge is 2.15. The fourth-order valence-electron chi connectivity index (χ4n) is 2.07. The van der Waals surface area contributed by atoms with Gasteiger partial charge in [0.05, 0.1) is 0 Å². The van der Waals surface area contributed by atoms with Crippen molar-refractivity contribution in [2.75, 3.05) is 25.6 Å². The molecule has 1 unspecified atom stereocenters. The highest BCUT2D eigenvalue weighted by molar-refractivity contribution is 7.99. The first-order valence-electron chi connectivity index (χ1n) is 6.70. The van der Waals surface area contributed by atoms with Crippen LogP contribution < -0.4 is 9.47 Å². The maximum absolute atomic E-state index is 9.11. The summed E-state index contributed by atoms with van der Waals surface area (Å²) in [4.78, 5) is 4.45. The minimum Gasteiger partial charge on any atom is -0.486 e. The molecule has 0 aliphatic carbocycles. The summed E-state index contributed by atoms with van der Waals surface area (Å²) in [6, 6.07) is 5.99. The van der Waals surface area contributed by atoms with Gasteiger partial charge in [-0.1, -0.05) is 6.92 Å². The van der Waals surface area contributed by atoms with Crippen molar-refractivity contribution in [2.24, 2.45) is 5.92 Å². The lowest BCUT2D eigenvalue weighted by atomic mass is 10.1. The van der Waals surface area contributed by atoms with Crippen molar-refractivity contribution < 1.29 is 14.6 Å². The van der Waals surface area contributed by atoms with Gasteiger partial charge in [0.2, 0.25) is 0 Å². The van der Waals surface area contributed by atoms with Crippen molar-refractivity contribution in [1.29, 1.82) is 0 Å². The Hall–Kier alpha value is -1.46. The second-order valence-electron chi connectivity index (χ2n) is 4.93. The van der Waals surface area contributed by atoms with E-state index in [-0.39, 0.29) is 12.5 Å². The summed E-state index contributed by atoms with van der Waals surface area (Å²) in [7, 11) is 0. The molecule has 0 fully saturated rings. The number of aliphatic hydroxyl groups excluding tert-OH is 1. The van der Waals surface area contributed by atoms with Crippen molar-refractivity contribution in [3.63, 3.8) is 0 Å². The van der Waals surface area contributed by atoms with Gasteiger partial charge in [0, 0.05) is 23.9 Å². The zero-order valence-corrected chi connectivity index (χ0v) is 12.2. The Bertz CT molecular complexity index is 617. The minimum atomic E-state index is 0.199. The van der Waals surface area contributed by atoms with Crippen LogP contribution in [0, 0.1) is 5.92 Å². The molecular formula is C15H17NO3S. The standard InChI is InChI=1S/C15H17NO3S/c1-10(8-17)9-20-15-12-7-14-13(18-4-5-19-14)6-11(12)2-3-16-15/h2-3,6-7,10,17H,4-5,8-9H2,1H3. The number of benzene rings is 1. The Labute approximate surface area is 122 Å². The van der Waals surface area contributed by atoms with E-state index >= 15 is 0 Å². The van der Waals surface area contributed by atoms with Gasteiger partial charge < -0.3 is 14.6 Å². The molecule has 1 N–H and O–H groups in total. The van der Waals surface area contributed by atoms with Crippen molar-refractivity contribution in [2.45, 2.75) is 11.9 Å². The van der Waals surface area contributed by atoms with Gasteiger partial charge in [-0.05, 0) is 29.5 Å². The molecule has 1 aliphatic heterocycles. The third-order valence-corrected chi connectivity index (χ3v) is 4.54. The van der Waals surface area contributed by atoms with E-state index in [0.717, 1.165) is 33.1 Å². The number of nitrogens with zero attached hydrogens (tertiary/aromatic N) is 1. The highest BCUT2D eigenvalue weighted by Crippen LogP contribution is 2.37. The van der Waals surface area contributed by atoms with E-state index in [1.807, 2.05) is 31.3 Å². The first-order valence-corrected chi connectivity index (χ1v) is 7.68. The molecule has 1 aromatic carbocycles. The first kappa shape index (κ1) is 13.5. The van der Waals surface area contributed by atoms with Crippen molar-refractivity contribution in [3.05, 3.63) is 24.4 Å². The molecule has 20 heavy (non-hydrogen) atoms. The molecular weight excluding hydrogens is 274 g/mol. The predicted molar refractivity (Wildman–Crippen MR) is 79.7 cm³/mol. The van der Waals surface area contributed by atoms with Crippen LogP contribution in [-0.4, -0.2) is 35.7 Å². The summed E-state index contributed by atoms with van der Waals surface area (Å²) in [5, 5.41) is 12.3. The maximum Gasteiger partial charge on any atom is 0.162 e. The van der Waals surface area contributed by atoms with E-state index < -0.39 is 0 Å². The molecule has 0 bridgehead atoms. The predicted octanol–water partition coefficient (Wildman–Crippen LogP) is 2.73. The lowest BCUT2D eigenvalue weighted by Crippen LogP contribution is -2.15. The average molecular weight is 291 g/mol. The van der Waals surface area contributed by atoms with E-state index in [9.17, 15) is 0 Å². The van der Waals surface area contributed by atoms with E-state index in [1.54, 1.807) is 11.8 Å². The van der Waals surface area contributed by atoms with Crippen LogP contribution in [0.3, 0.4) is 0 Å². The zero-order valence-electron chi connectivity index (χ0n) is 11.3. The van der Waals surface area contributed by atoms with Crippen LogP contribution in [0.25, 0.3) is 10.8 Å². The Morgan fingerprint density at radius 1 is 1.30 bits per heavy atom. The van der Waals surface area contributed by atoms with Crippen LogP contribution in [0.15, 0.2) is 29.4 Å². The number of rotatable bonds is 4. The Kier molecular flexibility index (Phi) is 3.98. The summed E-state index contributed by atoms with van der Waals surface area (Å²) < 4.78 is 11.2. The monoisotopic (exact) mass is 291 g/mol. The molecule has 0 radical (unpaired) electrons. The lowest BCUT2D eigenvalue weighted by Gasteiger charge is -2.19. The molecule has 5 heteroatoms. The molecule has 0 saturated heterocycles. The molecule has 2 heterocycles. The van der Waals surface area contributed by atoms with Crippen molar-refractivity contribution in [1.82, 2.24) is 4.98 Å². The van der Waals surface area contributed by atoms with Crippen molar-refractivity contribution in [3.8, 4) is 11.5 Å². The second-order valence-corrected chi connectivity index (χ2v) is 5.94. The third kappa shape index (κ3) is 2.69. The third-order valence-electron chi connectivity index (χ3n) is 3.21. The Morgan fingerprint density at radius 3 is 2.80 bits per heavy atom. The molecule has 106 valence electrons. The Balaban J connectivity index is 1.96. The van der Waals surface area contributed by atoms with Crippen LogP contribution in [0.1, 0.15) is 6.92 Å². The number of pyridine rings is 1. The SMILES string of the molecule is CC(CO)CSc1nccc2cc3c(cc12)OCCO3. The number of fused-ring (bicyclic) bond motifs is 2. The van der Waals surface area contributed by atoms with Gasteiger partial charge in [0.15, 0.2) is 11.5 Å². The van der Waals surface area contributed by atoms with Crippen molar-refractivity contribution >= 4 is 22.5 Å². The molecule has 0 saturated carbocycles. The molecule has 3 rings (SSSR count). The van der Waals surface area contributed by atoms with Crippen LogP contribution in [0.5, 0.6) is 11.5 Å². The topological polar surface area (TPSA) is 51.6 Å². The number of thioether (sulfide) groups is 1. The average Bonchev–Trinajstić information content (AvgIpc) is 2.50. The number of hydrogen-bond donors (Lipinski definition) is 1. The smallest absolute Gasteiger partial charge is 0.162 e. The van der Waals surface area contributed by atoms with Gasteiger partial charge in [-0.25, -0.2) is 4.98 Å². The summed E-state index contributed by atoms with van der Waals surface area (Å²) in [5.41, 5.74) is 0. The molecule has 4 nitrogen and oxygen atoms in total. The summed E-state index contributed by atoms with van der Waals surface area (Å²) in [6.07, 6.45) is 1.81. The lowest BCUT2D eigenvalue weighted by molar-refractivity contribution is 0.172. The van der Waals surface area contributed by atoms with Gasteiger partial charge >= 0.3 is 0 Å². The highest BCUT2D eigenvalue weighted by atomic mass is 32.2. The first-order chi connectivity index (χ1) is 9.78. The van der Waals surface area contributed by atoms with E-state index in [4.69, 9.17) is 14.6 Å². The summed E-state index contributed by atoms with van der Waals surface area (Å²) >= 11 is 1.67. The molecule has 1 aliphatic rings. The van der Waals surface area contributed by atoms with Crippen LogP contribution >= 0.6 is 11.8 Å². The largest absolute Gasteiger partial charge is 0.486 e. The molecule has 1 aromatic heterocycles. The molecule has 0 amide bonds. The number of hydrogen-bond acceptors (Lipinski definition) is 5. The van der Waals surface area contributed by atoms with E-state index in [1.165, 1.54) is 0 Å². The van der Waals surface area contributed by atoms with E-state index in [2.05, 4.69) is 4.98 Å². The van der Waals surface area contributed by atoms with Gasteiger partial charge in [-0.15, -0.1) is 11.8 Å². The minimum absolute atomic E-state index is 0.199. The van der Waals surface area contributed by atoms with Crippen LogP contribution in [0.2, 0.25) is 0 Å². The van der Waals surface area contributed by atoms with Crippen LogP contribution in [0.4, 0.5) is 0 Å². The molecule has 2 aromatic rings.